The predicted molar refractivity (Wildman–Crippen MR) is 253 cm³/mol. The fourth-order valence-electron chi connectivity index (χ4n) is 8.04. The summed E-state index contributed by atoms with van der Waals surface area (Å²) in [6.45, 7) is 6.97. The lowest BCUT2D eigenvalue weighted by atomic mass is 9.89. The fraction of sp³-hybridized carbons (Fsp3) is 0.652. The second kappa shape index (κ2) is 28.9. The Balaban J connectivity index is 1.73. The zero-order valence-corrected chi connectivity index (χ0v) is 41.0. The van der Waals surface area contributed by atoms with Gasteiger partial charge in [0.2, 0.25) is 23.6 Å². The lowest BCUT2D eigenvalue weighted by Gasteiger charge is -2.28. The van der Waals surface area contributed by atoms with E-state index in [0.717, 1.165) is 25.7 Å². The molecule has 67 heavy (non-hydrogen) atoms. The van der Waals surface area contributed by atoms with E-state index < -0.39 is 91.7 Å². The average Bonchev–Trinajstić information content (AvgIpc) is 3.95. The number of unbranched alkanes of at least 4 members (excludes halogenated alkanes) is 4. The number of nitrogens with zero attached hydrogens (tertiary/aromatic N) is 2. The van der Waals surface area contributed by atoms with Gasteiger partial charge >= 0.3 is 7.82 Å². The van der Waals surface area contributed by atoms with Gasteiger partial charge in [-0.15, -0.1) is 0 Å². The molecule has 374 valence electrons. The van der Waals surface area contributed by atoms with Crippen LogP contribution in [0.5, 0.6) is 0 Å². The molecule has 2 heterocycles. The Labute approximate surface area is 399 Å². The molecule has 1 fully saturated rings. The van der Waals surface area contributed by atoms with Gasteiger partial charge in [-0.1, -0.05) is 57.0 Å². The van der Waals surface area contributed by atoms with Gasteiger partial charge < -0.3 is 46.5 Å². The van der Waals surface area contributed by atoms with E-state index >= 15 is 0 Å². The second-order valence-corrected chi connectivity index (χ2v) is 19.5. The van der Waals surface area contributed by atoms with Gasteiger partial charge in [-0.25, -0.2) is 9.55 Å². The SMILES string of the molecule is CC(C)C[C@H](NC(=O)[C@@H]1C[C@H](OCCCCc2ccccc2)CN1C(=O)CCCCCCC(=O)C(N)CS)C(=O)C[C@@H](Cc1cnc[nH]1)C(=O)N[C@@H](C)C(=O)C[C@H](C(N)=O)[C@@H](C)OP(=O)(O)O. The van der Waals surface area contributed by atoms with Gasteiger partial charge in [-0.2, -0.15) is 12.6 Å². The number of ether oxygens (including phenoxy) is 1. The van der Waals surface area contributed by atoms with Crippen LogP contribution < -0.4 is 22.1 Å². The minimum absolute atomic E-state index is 0.00662. The number of nitrogens with two attached hydrogens (primary N) is 2. The van der Waals surface area contributed by atoms with E-state index in [1.54, 1.807) is 0 Å². The molecule has 3 rings (SSSR count). The molecule has 0 aliphatic carbocycles. The Morgan fingerprint density at radius 1 is 0.925 bits per heavy atom. The normalized spacial score (nSPS) is 17.8. The fourth-order valence-corrected chi connectivity index (χ4v) is 8.82. The third kappa shape index (κ3) is 20.8. The van der Waals surface area contributed by atoms with Gasteiger partial charge in [0.05, 0.1) is 48.5 Å². The highest BCUT2D eigenvalue weighted by Crippen LogP contribution is 2.39. The van der Waals surface area contributed by atoms with Crippen molar-refractivity contribution in [3.05, 3.63) is 54.1 Å². The van der Waals surface area contributed by atoms with Crippen LogP contribution >= 0.6 is 20.5 Å². The van der Waals surface area contributed by atoms with Crippen molar-refractivity contribution in [1.29, 1.82) is 0 Å². The third-order valence-corrected chi connectivity index (χ3v) is 12.9. The second-order valence-electron chi connectivity index (χ2n) is 18.0. The van der Waals surface area contributed by atoms with Crippen molar-refractivity contribution in [1.82, 2.24) is 25.5 Å². The van der Waals surface area contributed by atoms with Crippen LogP contribution in [0.3, 0.4) is 0 Å². The number of primary amides is 1. The summed E-state index contributed by atoms with van der Waals surface area (Å²) in [5.74, 6) is -5.90. The Morgan fingerprint density at radius 3 is 2.22 bits per heavy atom. The number of hydrogen-bond acceptors (Lipinski definition) is 13. The molecular formula is C46H72N7O12PS. The largest absolute Gasteiger partial charge is 0.469 e. The lowest BCUT2D eigenvalue weighted by molar-refractivity contribution is -0.140. The molecule has 8 atom stereocenters. The maximum absolute atomic E-state index is 14.3. The zero-order chi connectivity index (χ0) is 49.7. The number of aryl methyl sites for hydroxylation is 1. The summed E-state index contributed by atoms with van der Waals surface area (Å²) >= 11 is 4.09. The maximum atomic E-state index is 14.3. The number of benzene rings is 1. The number of ketones is 3. The highest BCUT2D eigenvalue weighted by Gasteiger charge is 2.41. The molecule has 1 aliphatic heterocycles. The van der Waals surface area contributed by atoms with Crippen LogP contribution in [0, 0.1) is 17.8 Å². The summed E-state index contributed by atoms with van der Waals surface area (Å²) in [4.78, 5) is 121. The van der Waals surface area contributed by atoms with E-state index in [4.69, 9.17) is 16.2 Å². The highest BCUT2D eigenvalue weighted by molar-refractivity contribution is 7.80. The number of amides is 4. The van der Waals surface area contributed by atoms with Crippen LogP contribution in [0.15, 0.2) is 42.9 Å². The molecule has 0 saturated carbocycles. The Hall–Kier alpha value is -4.30. The number of phosphoric ester groups is 1. The van der Waals surface area contributed by atoms with E-state index in [2.05, 4.69) is 49.9 Å². The van der Waals surface area contributed by atoms with Crippen LogP contribution in [0.25, 0.3) is 0 Å². The monoisotopic (exact) mass is 977 g/mol. The molecule has 9 N–H and O–H groups in total. The van der Waals surface area contributed by atoms with Gasteiger partial charge in [-0.05, 0) is 63.9 Å². The van der Waals surface area contributed by atoms with Gasteiger partial charge in [0, 0.05) is 69.3 Å². The number of rotatable bonds is 33. The summed E-state index contributed by atoms with van der Waals surface area (Å²) in [6.07, 6.45) is 6.31. The highest BCUT2D eigenvalue weighted by atomic mass is 32.1. The number of H-pyrrole nitrogens is 1. The van der Waals surface area contributed by atoms with Crippen molar-refractivity contribution in [2.75, 3.05) is 18.9 Å². The summed E-state index contributed by atoms with van der Waals surface area (Å²) < 4.78 is 22.2. The molecule has 1 saturated heterocycles. The Bertz CT molecular complexity index is 1950. The zero-order valence-electron chi connectivity index (χ0n) is 39.2. The number of nitrogens with one attached hydrogen (secondary N) is 3. The molecule has 21 heteroatoms. The molecule has 4 amide bonds. The quantitative estimate of drug-likeness (QED) is 0.0289. The first-order valence-corrected chi connectivity index (χ1v) is 25.4. The Morgan fingerprint density at radius 2 is 1.61 bits per heavy atom. The van der Waals surface area contributed by atoms with Crippen molar-refractivity contribution in [3.63, 3.8) is 0 Å². The van der Waals surface area contributed by atoms with Crippen molar-refractivity contribution < 1.29 is 57.2 Å². The number of carbonyl (C=O) groups is 7. The van der Waals surface area contributed by atoms with Crippen LogP contribution in [0.2, 0.25) is 0 Å². The lowest BCUT2D eigenvalue weighted by Crippen LogP contribution is -2.52. The van der Waals surface area contributed by atoms with E-state index in [-0.39, 0.29) is 62.0 Å². The summed E-state index contributed by atoms with van der Waals surface area (Å²) in [5, 5.41) is 5.52. The number of aromatic nitrogens is 2. The summed E-state index contributed by atoms with van der Waals surface area (Å²) in [7, 11) is -5.02. The molecule has 0 spiro atoms. The average molecular weight is 978 g/mol. The molecule has 0 bridgehead atoms. The van der Waals surface area contributed by atoms with E-state index in [1.165, 1.54) is 36.8 Å². The first-order chi connectivity index (χ1) is 31.7. The molecule has 19 nitrogen and oxygen atoms in total. The number of likely N-dealkylation sites (tertiary alicyclic amines) is 1. The first kappa shape index (κ1) is 57.0. The standard InChI is InChI=1S/C46H72N7O12PS/c1-29(2)20-38(42(56)22-33(21-34-25-49-28-50-34)45(59)51-30(3)41(55)24-36(44(48)58)31(4)65-66(61,62)63)52-46(60)39-23-35(64-19-13-12-16-32-14-8-7-9-15-32)26-53(39)43(57)18-11-6-5-10-17-40(54)37(47)27-67/h7-9,14-15,25,28-31,33,35-39,67H,5-6,10-13,16-24,26-27,47H2,1-4H3,(H2,48,58)(H,49,50)(H,51,59)(H,52,60)(H2,61,62,63)/t30-,31+,33+,35-,36-,37?,38-,39-/m0/s1. The van der Waals surface area contributed by atoms with E-state index in [1.807, 2.05) is 32.0 Å². The van der Waals surface area contributed by atoms with Gasteiger partial charge in [-0.3, -0.25) is 38.1 Å². The van der Waals surface area contributed by atoms with Gasteiger partial charge in [0.25, 0.3) is 0 Å². The minimum atomic E-state index is -5.02. The molecule has 1 aromatic carbocycles. The molecule has 1 aromatic heterocycles. The topological polar surface area (TPSA) is 304 Å². The molecule has 1 unspecified atom stereocenters. The maximum Gasteiger partial charge on any atom is 0.469 e. The molecule has 0 radical (unpaired) electrons. The van der Waals surface area contributed by atoms with Gasteiger partial charge in [0.15, 0.2) is 11.6 Å². The molecule has 1 aliphatic rings. The smallest absolute Gasteiger partial charge is 0.376 e. The van der Waals surface area contributed by atoms with Gasteiger partial charge in [0.1, 0.15) is 11.8 Å². The van der Waals surface area contributed by atoms with E-state index in [0.29, 0.717) is 38.0 Å². The third-order valence-electron chi connectivity index (χ3n) is 11.9. The van der Waals surface area contributed by atoms with Crippen molar-refractivity contribution in [2.24, 2.45) is 29.2 Å². The number of hydrogen-bond donors (Lipinski definition) is 8. The number of aromatic amines is 1. The number of Topliss-reactive ketones (excluding diaryl/α,β-unsaturated/α-hetero) is 3. The van der Waals surface area contributed by atoms with Crippen molar-refractivity contribution >= 4 is 61.4 Å². The van der Waals surface area contributed by atoms with E-state index in [9.17, 15) is 47.9 Å². The first-order valence-electron chi connectivity index (χ1n) is 23.2. The van der Waals surface area contributed by atoms with Crippen molar-refractivity contribution in [2.45, 2.75) is 154 Å². The molecular weight excluding hydrogens is 906 g/mol. The van der Waals surface area contributed by atoms with Crippen LogP contribution in [-0.4, -0.2) is 121 Å². The number of thiol groups is 1. The predicted octanol–water partition coefficient (Wildman–Crippen LogP) is 3.30. The number of carbonyl (C=O) groups excluding carboxylic acids is 7. The summed E-state index contributed by atoms with van der Waals surface area (Å²) in [5.41, 5.74) is 12.9. The molecule has 2 aromatic rings. The Kier molecular flexibility index (Phi) is 24.6. The minimum Gasteiger partial charge on any atom is -0.376 e. The number of imidazole rings is 1. The number of phosphoric acid groups is 1. The van der Waals surface area contributed by atoms with Crippen LogP contribution in [0.1, 0.15) is 116 Å². The summed E-state index contributed by atoms with van der Waals surface area (Å²) in [6, 6.07) is 6.35. The van der Waals surface area contributed by atoms with Crippen LogP contribution in [0.4, 0.5) is 0 Å². The van der Waals surface area contributed by atoms with Crippen LogP contribution in [-0.2, 0) is 60.2 Å². The van der Waals surface area contributed by atoms with Crippen molar-refractivity contribution in [3.8, 4) is 0 Å².